The molecule has 0 spiro atoms. The molecule has 1 aromatic rings. The molecular weight excluding hydrogens is 262 g/mol. The van der Waals surface area contributed by atoms with Crippen LogP contribution in [-0.4, -0.2) is 27.1 Å². The molecule has 17 heavy (non-hydrogen) atoms. The van der Waals surface area contributed by atoms with Gasteiger partial charge in [-0.15, -0.1) is 0 Å². The van der Waals surface area contributed by atoms with E-state index in [1.807, 2.05) is 0 Å². The number of alkyl halides is 4. The standard InChI is InChI=1S/C9H9F4NO2S/c10-8(11)5-14-6-1-3-7(4-2-6)17(15,16)9(12)13/h1-4,8-9,14H,5H2. The fraction of sp³-hybridized carbons (Fsp3) is 0.333. The molecule has 0 unspecified atom stereocenters. The summed E-state index contributed by atoms with van der Waals surface area (Å²) in [5.74, 6) is -3.50. The maximum atomic E-state index is 12.1. The molecular formula is C9H9F4NO2S. The largest absolute Gasteiger partial charge is 0.379 e. The molecule has 0 amide bonds. The molecule has 0 aliphatic rings. The van der Waals surface area contributed by atoms with Crippen LogP contribution in [0.25, 0.3) is 0 Å². The summed E-state index contributed by atoms with van der Waals surface area (Å²) in [4.78, 5) is -0.546. The van der Waals surface area contributed by atoms with Crippen molar-refractivity contribution in [2.45, 2.75) is 17.1 Å². The summed E-state index contributed by atoms with van der Waals surface area (Å²) in [6.45, 7) is -0.596. The Hall–Kier alpha value is -1.31. The van der Waals surface area contributed by atoms with E-state index in [0.717, 1.165) is 24.3 Å². The van der Waals surface area contributed by atoms with Crippen LogP contribution < -0.4 is 5.32 Å². The Balaban J connectivity index is 2.82. The fourth-order valence-electron chi connectivity index (χ4n) is 1.06. The van der Waals surface area contributed by atoms with Gasteiger partial charge in [0.1, 0.15) is 0 Å². The van der Waals surface area contributed by atoms with Crippen LogP contribution in [-0.2, 0) is 9.84 Å². The van der Waals surface area contributed by atoms with E-state index in [4.69, 9.17) is 0 Å². The minimum Gasteiger partial charge on any atom is -0.379 e. The lowest BCUT2D eigenvalue weighted by atomic mass is 10.3. The van der Waals surface area contributed by atoms with E-state index in [1.54, 1.807) is 0 Å². The van der Waals surface area contributed by atoms with Crippen LogP contribution in [0.2, 0.25) is 0 Å². The highest BCUT2D eigenvalue weighted by molar-refractivity contribution is 7.91. The van der Waals surface area contributed by atoms with Gasteiger partial charge in [-0.25, -0.2) is 17.2 Å². The van der Waals surface area contributed by atoms with E-state index in [9.17, 15) is 26.0 Å². The molecule has 0 bridgehead atoms. The number of rotatable bonds is 5. The molecule has 0 aliphatic heterocycles. The van der Waals surface area contributed by atoms with Gasteiger partial charge in [-0.05, 0) is 24.3 Å². The quantitative estimate of drug-likeness (QED) is 0.836. The van der Waals surface area contributed by atoms with Gasteiger partial charge < -0.3 is 5.32 Å². The zero-order valence-electron chi connectivity index (χ0n) is 8.41. The van der Waals surface area contributed by atoms with Gasteiger partial charge in [-0.3, -0.25) is 0 Å². The predicted molar refractivity (Wildman–Crippen MR) is 54.1 cm³/mol. The number of nitrogens with one attached hydrogen (secondary N) is 1. The Morgan fingerprint density at radius 3 is 2.00 bits per heavy atom. The molecule has 0 saturated carbocycles. The number of sulfone groups is 1. The Kier molecular flexibility index (Phi) is 4.33. The molecule has 3 nitrogen and oxygen atoms in total. The summed E-state index contributed by atoms with van der Waals surface area (Å²) < 4.78 is 70.0. The van der Waals surface area contributed by atoms with Crippen molar-refractivity contribution in [2.24, 2.45) is 0 Å². The van der Waals surface area contributed by atoms with Crippen molar-refractivity contribution in [3.8, 4) is 0 Å². The summed E-state index contributed by atoms with van der Waals surface area (Å²) in [7, 11) is -4.63. The maximum absolute atomic E-state index is 12.1. The third-order valence-corrected chi connectivity index (χ3v) is 3.28. The predicted octanol–water partition coefficient (Wildman–Crippen LogP) is 2.36. The topological polar surface area (TPSA) is 46.2 Å². The second-order valence-corrected chi connectivity index (χ2v) is 5.02. The molecule has 96 valence electrons. The van der Waals surface area contributed by atoms with Crippen molar-refractivity contribution >= 4 is 15.5 Å². The number of hydrogen-bond acceptors (Lipinski definition) is 3. The van der Waals surface area contributed by atoms with Crippen LogP contribution in [0.4, 0.5) is 23.2 Å². The van der Waals surface area contributed by atoms with E-state index >= 15 is 0 Å². The van der Waals surface area contributed by atoms with Gasteiger partial charge in [0.2, 0.25) is 9.84 Å². The van der Waals surface area contributed by atoms with Crippen LogP contribution in [0.3, 0.4) is 0 Å². The normalized spacial score (nSPS) is 12.1. The van der Waals surface area contributed by atoms with Gasteiger partial charge in [0.15, 0.2) is 0 Å². The maximum Gasteiger partial charge on any atom is 0.341 e. The zero-order chi connectivity index (χ0) is 13.1. The summed E-state index contributed by atoms with van der Waals surface area (Å²) in [5.41, 5.74) is 0.235. The van der Waals surface area contributed by atoms with E-state index in [2.05, 4.69) is 5.32 Å². The average Bonchev–Trinajstić information content (AvgIpc) is 2.26. The molecule has 0 atom stereocenters. The Labute approximate surface area is 95.4 Å². The number of anilines is 1. The summed E-state index contributed by atoms with van der Waals surface area (Å²) in [5, 5.41) is 2.32. The Bertz CT molecular complexity index is 458. The number of halogens is 4. The summed E-state index contributed by atoms with van der Waals surface area (Å²) in [6, 6.07) is 4.18. The van der Waals surface area contributed by atoms with Gasteiger partial charge in [-0.2, -0.15) is 8.78 Å². The molecule has 0 aliphatic carbocycles. The second-order valence-electron chi connectivity index (χ2n) is 3.10. The number of benzene rings is 1. The monoisotopic (exact) mass is 271 g/mol. The zero-order valence-corrected chi connectivity index (χ0v) is 9.22. The molecule has 1 N–H and O–H groups in total. The Morgan fingerprint density at radius 2 is 1.59 bits per heavy atom. The molecule has 1 aromatic carbocycles. The SMILES string of the molecule is O=S(=O)(c1ccc(NCC(F)F)cc1)C(F)F. The van der Waals surface area contributed by atoms with Crippen LogP contribution in [0.5, 0.6) is 0 Å². The lowest BCUT2D eigenvalue weighted by Gasteiger charge is -2.07. The third kappa shape index (κ3) is 3.58. The summed E-state index contributed by atoms with van der Waals surface area (Å²) in [6.07, 6.45) is -2.56. The van der Waals surface area contributed by atoms with Crippen LogP contribution in [0, 0.1) is 0 Å². The second kappa shape index (κ2) is 5.35. The van der Waals surface area contributed by atoms with Gasteiger partial charge in [-0.1, -0.05) is 0 Å². The van der Waals surface area contributed by atoms with Crippen molar-refractivity contribution in [3.63, 3.8) is 0 Å². The molecule has 8 heteroatoms. The lowest BCUT2D eigenvalue weighted by molar-refractivity contribution is 0.163. The average molecular weight is 271 g/mol. The number of hydrogen-bond donors (Lipinski definition) is 1. The fourth-order valence-corrected chi connectivity index (χ4v) is 1.78. The van der Waals surface area contributed by atoms with E-state index in [0.29, 0.717) is 0 Å². The molecule has 0 aromatic heterocycles. The van der Waals surface area contributed by atoms with Crippen LogP contribution >= 0.6 is 0 Å². The van der Waals surface area contributed by atoms with Gasteiger partial charge in [0, 0.05) is 5.69 Å². The van der Waals surface area contributed by atoms with E-state index < -0.39 is 33.5 Å². The molecule has 0 heterocycles. The minimum absolute atomic E-state index is 0.235. The lowest BCUT2D eigenvalue weighted by Crippen LogP contribution is -2.12. The van der Waals surface area contributed by atoms with Gasteiger partial charge in [0.05, 0.1) is 11.4 Å². The third-order valence-electron chi connectivity index (χ3n) is 1.88. The highest BCUT2D eigenvalue weighted by Gasteiger charge is 2.26. The van der Waals surface area contributed by atoms with Crippen molar-refractivity contribution < 1.29 is 26.0 Å². The van der Waals surface area contributed by atoms with Crippen LogP contribution in [0.15, 0.2) is 29.2 Å². The van der Waals surface area contributed by atoms with E-state index in [1.165, 1.54) is 0 Å². The van der Waals surface area contributed by atoms with Crippen LogP contribution in [0.1, 0.15) is 0 Å². The highest BCUT2D eigenvalue weighted by Crippen LogP contribution is 2.20. The van der Waals surface area contributed by atoms with Crippen molar-refractivity contribution in [1.29, 1.82) is 0 Å². The first-order chi connectivity index (χ1) is 7.84. The summed E-state index contributed by atoms with van der Waals surface area (Å²) >= 11 is 0. The van der Waals surface area contributed by atoms with E-state index in [-0.39, 0.29) is 5.69 Å². The molecule has 0 saturated heterocycles. The first-order valence-electron chi connectivity index (χ1n) is 4.48. The molecule has 0 radical (unpaired) electrons. The molecule has 1 rings (SSSR count). The van der Waals surface area contributed by atoms with Crippen molar-refractivity contribution in [2.75, 3.05) is 11.9 Å². The van der Waals surface area contributed by atoms with Gasteiger partial charge in [0.25, 0.3) is 6.43 Å². The Morgan fingerprint density at radius 1 is 1.06 bits per heavy atom. The minimum atomic E-state index is -4.63. The highest BCUT2D eigenvalue weighted by atomic mass is 32.2. The first kappa shape index (κ1) is 13.8. The van der Waals surface area contributed by atoms with Gasteiger partial charge >= 0.3 is 5.76 Å². The smallest absolute Gasteiger partial charge is 0.341 e. The van der Waals surface area contributed by atoms with Crippen molar-refractivity contribution in [1.82, 2.24) is 0 Å². The van der Waals surface area contributed by atoms with Crippen molar-refractivity contribution in [3.05, 3.63) is 24.3 Å². The first-order valence-corrected chi connectivity index (χ1v) is 6.03. The molecule has 0 fully saturated rings.